The van der Waals surface area contributed by atoms with Gasteiger partial charge in [-0.3, -0.25) is 9.59 Å². The molecule has 0 aromatic heterocycles. The zero-order chi connectivity index (χ0) is 15.3. The molecule has 110 valence electrons. The lowest BCUT2D eigenvalue weighted by Gasteiger charge is -2.18. The first-order valence-electron chi connectivity index (χ1n) is 6.32. The Morgan fingerprint density at radius 3 is 2.60 bits per heavy atom. The number of amides is 2. The number of phenols is 1. The Morgan fingerprint density at radius 1 is 1.40 bits per heavy atom. The van der Waals surface area contributed by atoms with Crippen molar-refractivity contribution in [2.75, 3.05) is 20.1 Å². The lowest BCUT2D eigenvalue weighted by atomic mass is 10.2. The van der Waals surface area contributed by atoms with Gasteiger partial charge in [-0.15, -0.1) is 0 Å². The molecule has 0 heterocycles. The number of nitrogens with zero attached hydrogens (tertiary/aromatic N) is 1. The minimum atomic E-state index is -0.432. The molecule has 0 saturated heterocycles. The van der Waals surface area contributed by atoms with Crippen LogP contribution in [0.5, 0.6) is 5.75 Å². The lowest BCUT2D eigenvalue weighted by Crippen LogP contribution is -2.39. The molecule has 0 bridgehead atoms. The first kappa shape index (κ1) is 16.3. The number of hydrogen-bond acceptors (Lipinski definition) is 3. The molecule has 0 unspecified atom stereocenters. The maximum Gasteiger partial charge on any atom is 0.257 e. The first-order valence-corrected chi connectivity index (χ1v) is 6.69. The van der Waals surface area contributed by atoms with Gasteiger partial charge < -0.3 is 15.3 Å². The van der Waals surface area contributed by atoms with E-state index >= 15 is 0 Å². The number of carbonyl (C=O) groups excluding carboxylic acids is 2. The molecule has 0 spiro atoms. The van der Waals surface area contributed by atoms with Crippen LogP contribution in [0, 0.1) is 5.92 Å². The van der Waals surface area contributed by atoms with Crippen LogP contribution in [0.15, 0.2) is 18.2 Å². The van der Waals surface area contributed by atoms with E-state index in [2.05, 4.69) is 5.32 Å². The van der Waals surface area contributed by atoms with E-state index in [1.807, 2.05) is 13.8 Å². The van der Waals surface area contributed by atoms with Gasteiger partial charge in [-0.05, 0) is 24.1 Å². The largest absolute Gasteiger partial charge is 0.507 e. The van der Waals surface area contributed by atoms with Gasteiger partial charge in [-0.2, -0.15) is 0 Å². The second-order valence-electron chi connectivity index (χ2n) is 5.02. The highest BCUT2D eigenvalue weighted by molar-refractivity contribution is 6.30. The van der Waals surface area contributed by atoms with Crippen molar-refractivity contribution in [2.24, 2.45) is 5.92 Å². The monoisotopic (exact) mass is 298 g/mol. The SMILES string of the molecule is CC(C)CNC(=O)CN(C)C(=O)c1ccc(Cl)cc1O. The summed E-state index contributed by atoms with van der Waals surface area (Å²) in [5.41, 5.74) is 0.119. The summed E-state index contributed by atoms with van der Waals surface area (Å²) in [5.74, 6) is -0.515. The van der Waals surface area contributed by atoms with Crippen molar-refractivity contribution in [3.63, 3.8) is 0 Å². The van der Waals surface area contributed by atoms with Gasteiger partial charge in [0.25, 0.3) is 5.91 Å². The van der Waals surface area contributed by atoms with Gasteiger partial charge in [0, 0.05) is 18.6 Å². The Kier molecular flexibility index (Phi) is 5.82. The summed E-state index contributed by atoms with van der Waals surface area (Å²) in [5, 5.41) is 12.8. The third-order valence-corrected chi connectivity index (χ3v) is 2.86. The number of carbonyl (C=O) groups is 2. The molecule has 20 heavy (non-hydrogen) atoms. The highest BCUT2D eigenvalue weighted by Crippen LogP contribution is 2.22. The molecule has 2 N–H and O–H groups in total. The molecule has 1 aromatic carbocycles. The molecule has 0 atom stereocenters. The third-order valence-electron chi connectivity index (χ3n) is 2.63. The molecular weight excluding hydrogens is 280 g/mol. The number of hydrogen-bond donors (Lipinski definition) is 2. The van der Waals surface area contributed by atoms with Crippen LogP contribution >= 0.6 is 11.6 Å². The number of likely N-dealkylation sites (N-methyl/N-ethyl adjacent to an activating group) is 1. The van der Waals surface area contributed by atoms with Gasteiger partial charge in [-0.1, -0.05) is 25.4 Å². The van der Waals surface area contributed by atoms with Crippen LogP contribution in [0.3, 0.4) is 0 Å². The van der Waals surface area contributed by atoms with Crippen molar-refractivity contribution >= 4 is 23.4 Å². The van der Waals surface area contributed by atoms with E-state index in [1.54, 1.807) is 0 Å². The van der Waals surface area contributed by atoms with Crippen LogP contribution in [-0.4, -0.2) is 42.0 Å². The number of aromatic hydroxyl groups is 1. The molecule has 0 radical (unpaired) electrons. The van der Waals surface area contributed by atoms with Gasteiger partial charge in [0.1, 0.15) is 5.75 Å². The number of nitrogens with one attached hydrogen (secondary N) is 1. The van der Waals surface area contributed by atoms with E-state index in [4.69, 9.17) is 11.6 Å². The van der Waals surface area contributed by atoms with E-state index in [-0.39, 0.29) is 23.8 Å². The smallest absolute Gasteiger partial charge is 0.257 e. The van der Waals surface area contributed by atoms with Crippen molar-refractivity contribution in [3.8, 4) is 5.75 Å². The van der Waals surface area contributed by atoms with E-state index in [9.17, 15) is 14.7 Å². The van der Waals surface area contributed by atoms with Gasteiger partial charge in [0.2, 0.25) is 5.91 Å². The molecule has 0 aliphatic rings. The Morgan fingerprint density at radius 2 is 2.05 bits per heavy atom. The van der Waals surface area contributed by atoms with E-state index in [1.165, 1.54) is 30.1 Å². The maximum absolute atomic E-state index is 12.1. The normalized spacial score (nSPS) is 10.4. The molecule has 5 nitrogen and oxygen atoms in total. The number of phenolic OH excluding ortho intramolecular Hbond substituents is 1. The molecule has 1 rings (SSSR count). The quantitative estimate of drug-likeness (QED) is 0.872. The Bertz CT molecular complexity index is 503. The summed E-state index contributed by atoms with van der Waals surface area (Å²) >= 11 is 5.71. The Labute approximate surface area is 123 Å². The molecule has 2 amide bonds. The molecular formula is C14H19ClN2O3. The number of halogens is 1. The van der Waals surface area contributed by atoms with Crippen LogP contribution in [0.25, 0.3) is 0 Å². The van der Waals surface area contributed by atoms with Gasteiger partial charge in [0.15, 0.2) is 0 Å². The molecule has 0 aliphatic carbocycles. The van der Waals surface area contributed by atoms with Gasteiger partial charge in [0.05, 0.1) is 12.1 Å². The van der Waals surface area contributed by atoms with Crippen LogP contribution in [0.2, 0.25) is 5.02 Å². The van der Waals surface area contributed by atoms with Gasteiger partial charge >= 0.3 is 0 Å². The topological polar surface area (TPSA) is 69.6 Å². The zero-order valence-corrected chi connectivity index (χ0v) is 12.6. The predicted molar refractivity (Wildman–Crippen MR) is 77.9 cm³/mol. The number of rotatable bonds is 5. The Hall–Kier alpha value is -1.75. The summed E-state index contributed by atoms with van der Waals surface area (Å²) in [6, 6.07) is 4.24. The number of benzene rings is 1. The zero-order valence-electron chi connectivity index (χ0n) is 11.8. The third kappa shape index (κ3) is 4.74. The molecule has 0 fully saturated rings. The second kappa shape index (κ2) is 7.14. The lowest BCUT2D eigenvalue weighted by molar-refractivity contribution is -0.121. The van der Waals surface area contributed by atoms with Gasteiger partial charge in [-0.25, -0.2) is 0 Å². The maximum atomic E-state index is 12.1. The highest BCUT2D eigenvalue weighted by Gasteiger charge is 2.18. The van der Waals surface area contributed by atoms with Crippen molar-refractivity contribution in [3.05, 3.63) is 28.8 Å². The van der Waals surface area contributed by atoms with E-state index in [0.717, 1.165) is 0 Å². The summed E-state index contributed by atoms with van der Waals surface area (Å²) in [6.07, 6.45) is 0. The second-order valence-corrected chi connectivity index (χ2v) is 5.46. The fraction of sp³-hybridized carbons (Fsp3) is 0.429. The highest BCUT2D eigenvalue weighted by atomic mass is 35.5. The standard InChI is InChI=1S/C14H19ClN2O3/c1-9(2)7-16-13(19)8-17(3)14(20)11-5-4-10(15)6-12(11)18/h4-6,9,18H,7-8H2,1-3H3,(H,16,19). The van der Waals surface area contributed by atoms with Crippen molar-refractivity contribution in [2.45, 2.75) is 13.8 Å². The van der Waals surface area contributed by atoms with Crippen LogP contribution < -0.4 is 5.32 Å². The Balaban J connectivity index is 2.65. The fourth-order valence-electron chi connectivity index (χ4n) is 1.55. The molecule has 1 aromatic rings. The molecule has 6 heteroatoms. The average molecular weight is 299 g/mol. The fourth-order valence-corrected chi connectivity index (χ4v) is 1.72. The van der Waals surface area contributed by atoms with E-state index < -0.39 is 5.91 Å². The summed E-state index contributed by atoms with van der Waals surface area (Å²) in [7, 11) is 1.51. The van der Waals surface area contributed by atoms with Crippen molar-refractivity contribution in [1.82, 2.24) is 10.2 Å². The summed E-state index contributed by atoms with van der Waals surface area (Å²) in [4.78, 5) is 25.0. The van der Waals surface area contributed by atoms with Crippen LogP contribution in [0.1, 0.15) is 24.2 Å². The minimum Gasteiger partial charge on any atom is -0.507 e. The molecule has 0 aliphatic heterocycles. The average Bonchev–Trinajstić information content (AvgIpc) is 2.35. The van der Waals surface area contributed by atoms with Crippen LogP contribution in [0.4, 0.5) is 0 Å². The van der Waals surface area contributed by atoms with Crippen LogP contribution in [-0.2, 0) is 4.79 Å². The van der Waals surface area contributed by atoms with Crippen molar-refractivity contribution < 1.29 is 14.7 Å². The minimum absolute atomic E-state index is 0.0619. The summed E-state index contributed by atoms with van der Waals surface area (Å²) < 4.78 is 0. The predicted octanol–water partition coefficient (Wildman–Crippen LogP) is 1.89. The molecule has 0 saturated carbocycles. The van der Waals surface area contributed by atoms with E-state index in [0.29, 0.717) is 17.5 Å². The first-order chi connectivity index (χ1) is 9.31. The summed E-state index contributed by atoms with van der Waals surface area (Å²) in [6.45, 7) is 4.47. The van der Waals surface area contributed by atoms with Crippen molar-refractivity contribution in [1.29, 1.82) is 0 Å².